The first kappa shape index (κ1) is 12.2. The van der Waals surface area contributed by atoms with Crippen LogP contribution < -0.4 is 10.6 Å². The van der Waals surface area contributed by atoms with Crippen LogP contribution in [0.5, 0.6) is 0 Å². The van der Waals surface area contributed by atoms with Crippen molar-refractivity contribution < 1.29 is 0 Å². The molecule has 0 amide bonds. The maximum Gasteiger partial charge on any atom is 0.0335 e. The summed E-state index contributed by atoms with van der Waals surface area (Å²) in [5, 5.41) is 7.35. The van der Waals surface area contributed by atoms with E-state index in [-0.39, 0.29) is 0 Å². The number of fused-ring (bicyclic) bond motifs is 1. The molecule has 1 aromatic carbocycles. The Hall–Kier alpha value is -0.860. The summed E-state index contributed by atoms with van der Waals surface area (Å²) in [4.78, 5) is 0. The van der Waals surface area contributed by atoms with Crippen LogP contribution in [0.4, 0.5) is 0 Å². The Labute approximate surface area is 110 Å². The summed E-state index contributed by atoms with van der Waals surface area (Å²) in [5.74, 6) is 0. The molecule has 1 heterocycles. The van der Waals surface area contributed by atoms with E-state index in [9.17, 15) is 0 Å². The number of hydrogen-bond acceptors (Lipinski definition) is 2. The summed E-state index contributed by atoms with van der Waals surface area (Å²) in [6.45, 7) is 5.67. The first-order valence-corrected chi connectivity index (χ1v) is 7.35. The smallest absolute Gasteiger partial charge is 0.0335 e. The van der Waals surface area contributed by atoms with Gasteiger partial charge < -0.3 is 10.6 Å². The van der Waals surface area contributed by atoms with Gasteiger partial charge in [-0.15, -0.1) is 0 Å². The summed E-state index contributed by atoms with van der Waals surface area (Å²) in [6, 6.07) is 9.42. The Bertz CT molecular complexity index is 409. The van der Waals surface area contributed by atoms with Gasteiger partial charge in [-0.05, 0) is 48.8 Å². The Balaban J connectivity index is 1.71. The van der Waals surface area contributed by atoms with E-state index in [0.29, 0.717) is 11.5 Å². The zero-order valence-corrected chi connectivity index (χ0v) is 11.3. The van der Waals surface area contributed by atoms with Crippen molar-refractivity contribution in [2.45, 2.75) is 45.2 Å². The van der Waals surface area contributed by atoms with Gasteiger partial charge in [-0.3, -0.25) is 0 Å². The van der Waals surface area contributed by atoms with Crippen LogP contribution in [-0.4, -0.2) is 13.1 Å². The van der Waals surface area contributed by atoms with Crippen molar-refractivity contribution in [1.82, 2.24) is 10.6 Å². The van der Waals surface area contributed by atoms with Gasteiger partial charge in [-0.2, -0.15) is 0 Å². The molecule has 2 heteroatoms. The topological polar surface area (TPSA) is 24.1 Å². The number of hydrogen-bond donors (Lipinski definition) is 2. The molecular formula is C16H24N2. The fourth-order valence-electron chi connectivity index (χ4n) is 3.04. The van der Waals surface area contributed by atoms with Crippen molar-refractivity contribution in [3.8, 4) is 0 Å². The fourth-order valence-corrected chi connectivity index (χ4v) is 3.04. The zero-order chi connectivity index (χ0) is 12.4. The number of rotatable bonds is 4. The lowest BCUT2D eigenvalue weighted by atomic mass is 9.97. The molecule has 2 nitrogen and oxygen atoms in total. The Morgan fingerprint density at radius 1 is 1.33 bits per heavy atom. The van der Waals surface area contributed by atoms with Gasteiger partial charge in [0.2, 0.25) is 0 Å². The van der Waals surface area contributed by atoms with Gasteiger partial charge in [0, 0.05) is 19.1 Å². The molecule has 1 atom stereocenters. The van der Waals surface area contributed by atoms with Crippen LogP contribution in [0.3, 0.4) is 0 Å². The van der Waals surface area contributed by atoms with E-state index >= 15 is 0 Å². The molecule has 1 fully saturated rings. The van der Waals surface area contributed by atoms with Crippen LogP contribution in [0.2, 0.25) is 0 Å². The maximum atomic E-state index is 3.83. The van der Waals surface area contributed by atoms with Crippen LogP contribution >= 0.6 is 0 Å². The van der Waals surface area contributed by atoms with Crippen molar-refractivity contribution in [2.24, 2.45) is 5.41 Å². The van der Waals surface area contributed by atoms with Gasteiger partial charge in [-0.1, -0.05) is 31.2 Å². The molecular weight excluding hydrogens is 220 g/mol. The SMILES string of the molecule is CCC1(CNC2CCNCc3ccccc32)CC1. The molecule has 0 saturated heterocycles. The van der Waals surface area contributed by atoms with Crippen LogP contribution in [0.1, 0.15) is 49.8 Å². The minimum Gasteiger partial charge on any atom is -0.313 e. The van der Waals surface area contributed by atoms with E-state index in [1.54, 1.807) is 0 Å². The second-order valence-electron chi connectivity index (χ2n) is 5.95. The molecule has 1 aliphatic carbocycles. The average Bonchev–Trinajstić information content (AvgIpc) is 3.21. The highest BCUT2D eigenvalue weighted by Gasteiger charge is 2.40. The van der Waals surface area contributed by atoms with Gasteiger partial charge in [0.1, 0.15) is 0 Å². The minimum atomic E-state index is 0.542. The lowest BCUT2D eigenvalue weighted by molar-refractivity contribution is 0.393. The van der Waals surface area contributed by atoms with Crippen LogP contribution in [-0.2, 0) is 6.54 Å². The lowest BCUT2D eigenvalue weighted by Gasteiger charge is -2.22. The molecule has 1 unspecified atom stereocenters. The molecule has 18 heavy (non-hydrogen) atoms. The first-order valence-electron chi connectivity index (χ1n) is 7.35. The first-order chi connectivity index (χ1) is 8.83. The second kappa shape index (κ2) is 5.02. The molecule has 0 radical (unpaired) electrons. The summed E-state index contributed by atoms with van der Waals surface area (Å²) in [7, 11) is 0. The lowest BCUT2D eigenvalue weighted by Crippen LogP contribution is -2.29. The van der Waals surface area contributed by atoms with Gasteiger partial charge in [0.25, 0.3) is 0 Å². The molecule has 0 bridgehead atoms. The summed E-state index contributed by atoms with van der Waals surface area (Å²) in [6.07, 6.45) is 5.37. The van der Waals surface area contributed by atoms with Crippen molar-refractivity contribution in [1.29, 1.82) is 0 Å². The standard InChI is InChI=1S/C16H24N2/c1-2-16(8-9-16)12-18-15-7-10-17-11-13-5-3-4-6-14(13)15/h3-6,15,17-18H,2,7-12H2,1H3. The highest BCUT2D eigenvalue weighted by Crippen LogP contribution is 2.48. The van der Waals surface area contributed by atoms with Gasteiger partial charge >= 0.3 is 0 Å². The van der Waals surface area contributed by atoms with Crippen molar-refractivity contribution >= 4 is 0 Å². The highest BCUT2D eigenvalue weighted by molar-refractivity contribution is 5.31. The van der Waals surface area contributed by atoms with Gasteiger partial charge in [-0.25, -0.2) is 0 Å². The van der Waals surface area contributed by atoms with E-state index in [2.05, 4.69) is 41.8 Å². The van der Waals surface area contributed by atoms with Crippen LogP contribution in [0.25, 0.3) is 0 Å². The van der Waals surface area contributed by atoms with E-state index < -0.39 is 0 Å². The van der Waals surface area contributed by atoms with E-state index in [0.717, 1.165) is 13.1 Å². The summed E-state index contributed by atoms with van der Waals surface area (Å²) < 4.78 is 0. The van der Waals surface area contributed by atoms with Gasteiger partial charge in [0.15, 0.2) is 0 Å². The Morgan fingerprint density at radius 2 is 2.17 bits per heavy atom. The third-order valence-corrected chi connectivity index (χ3v) is 4.79. The molecule has 3 rings (SSSR count). The number of benzene rings is 1. The molecule has 2 aliphatic rings. The third kappa shape index (κ3) is 2.45. The predicted octanol–water partition coefficient (Wildman–Crippen LogP) is 3.00. The fraction of sp³-hybridized carbons (Fsp3) is 0.625. The molecule has 1 saturated carbocycles. The summed E-state index contributed by atoms with van der Waals surface area (Å²) in [5.41, 5.74) is 3.61. The van der Waals surface area contributed by atoms with Crippen molar-refractivity contribution in [3.05, 3.63) is 35.4 Å². The molecule has 2 N–H and O–H groups in total. The monoisotopic (exact) mass is 244 g/mol. The minimum absolute atomic E-state index is 0.542. The Kier molecular flexibility index (Phi) is 3.40. The van der Waals surface area contributed by atoms with Gasteiger partial charge in [0.05, 0.1) is 0 Å². The largest absolute Gasteiger partial charge is 0.313 e. The zero-order valence-electron chi connectivity index (χ0n) is 11.3. The molecule has 98 valence electrons. The van der Waals surface area contributed by atoms with Crippen LogP contribution in [0, 0.1) is 5.41 Å². The van der Waals surface area contributed by atoms with E-state index in [1.807, 2.05) is 0 Å². The quantitative estimate of drug-likeness (QED) is 0.851. The highest BCUT2D eigenvalue weighted by atomic mass is 15.0. The van der Waals surface area contributed by atoms with Crippen molar-refractivity contribution in [2.75, 3.05) is 13.1 Å². The second-order valence-corrected chi connectivity index (χ2v) is 5.95. The molecule has 1 aromatic rings. The predicted molar refractivity (Wildman–Crippen MR) is 75.5 cm³/mol. The number of nitrogens with one attached hydrogen (secondary N) is 2. The molecule has 1 aliphatic heterocycles. The van der Waals surface area contributed by atoms with Crippen molar-refractivity contribution in [3.63, 3.8) is 0 Å². The molecule has 0 aromatic heterocycles. The normalized spacial score (nSPS) is 25.3. The van der Waals surface area contributed by atoms with E-state index in [1.165, 1.54) is 43.4 Å². The van der Waals surface area contributed by atoms with E-state index in [4.69, 9.17) is 0 Å². The third-order valence-electron chi connectivity index (χ3n) is 4.79. The summed E-state index contributed by atoms with van der Waals surface area (Å²) >= 11 is 0. The Morgan fingerprint density at radius 3 is 2.94 bits per heavy atom. The maximum absolute atomic E-state index is 3.83. The molecule has 0 spiro atoms. The average molecular weight is 244 g/mol. The van der Waals surface area contributed by atoms with Crippen LogP contribution in [0.15, 0.2) is 24.3 Å².